The van der Waals surface area contributed by atoms with Crippen molar-refractivity contribution in [3.8, 4) is 0 Å². The fourth-order valence-corrected chi connectivity index (χ4v) is 3.24. The summed E-state index contributed by atoms with van der Waals surface area (Å²) in [4.78, 5) is 25.1. The van der Waals surface area contributed by atoms with E-state index in [1.54, 1.807) is 0 Å². The Morgan fingerprint density at radius 3 is 2.50 bits per heavy atom. The summed E-state index contributed by atoms with van der Waals surface area (Å²) in [5.41, 5.74) is 3.34. The third-order valence-electron chi connectivity index (χ3n) is 4.43. The molecule has 1 atom stereocenters. The molecule has 2 aromatic rings. The summed E-state index contributed by atoms with van der Waals surface area (Å²) >= 11 is 0. The molecule has 1 unspecified atom stereocenters. The van der Waals surface area contributed by atoms with Gasteiger partial charge < -0.3 is 9.30 Å². The van der Waals surface area contributed by atoms with Gasteiger partial charge in [0.1, 0.15) is 0 Å². The number of rotatable bonds is 4. The van der Waals surface area contributed by atoms with Crippen LogP contribution in [0.3, 0.4) is 0 Å². The van der Waals surface area contributed by atoms with Gasteiger partial charge in [-0.3, -0.25) is 9.59 Å². The van der Waals surface area contributed by atoms with Gasteiger partial charge in [0, 0.05) is 17.8 Å². The van der Waals surface area contributed by atoms with Crippen molar-refractivity contribution < 1.29 is 14.3 Å². The molecule has 24 heavy (non-hydrogen) atoms. The average Bonchev–Trinajstić information content (AvgIpc) is 2.98. The molecule has 4 nitrogen and oxygen atoms in total. The van der Waals surface area contributed by atoms with E-state index >= 15 is 0 Å². The normalized spacial score (nSPS) is 16.8. The second kappa shape index (κ2) is 6.63. The van der Waals surface area contributed by atoms with Crippen LogP contribution in [-0.4, -0.2) is 22.4 Å². The molecule has 1 aromatic carbocycles. The molecular weight excluding hydrogens is 302 g/mol. The summed E-state index contributed by atoms with van der Waals surface area (Å²) in [6.45, 7) is 6.47. The second-order valence-corrected chi connectivity index (χ2v) is 6.67. The van der Waals surface area contributed by atoms with Crippen molar-refractivity contribution in [1.29, 1.82) is 0 Å². The van der Waals surface area contributed by atoms with Gasteiger partial charge in [0.05, 0.1) is 17.7 Å². The lowest BCUT2D eigenvalue weighted by molar-refractivity contribution is -0.149. The standard InChI is InChI=1S/C20H23NO3/c1-13(2)24-20(23)16-5-4-12-21-17(16)10-11-18(21)19(22)15-8-6-14(3)7-9-15/h6-11,13,16H,4-5,12H2,1-3H3. The maximum Gasteiger partial charge on any atom is 0.315 e. The Labute approximate surface area is 142 Å². The smallest absolute Gasteiger partial charge is 0.315 e. The molecular formula is C20H23NO3. The maximum absolute atomic E-state index is 12.8. The van der Waals surface area contributed by atoms with Crippen LogP contribution in [0.1, 0.15) is 59.9 Å². The number of ketones is 1. The van der Waals surface area contributed by atoms with Crippen molar-refractivity contribution in [2.24, 2.45) is 0 Å². The zero-order valence-electron chi connectivity index (χ0n) is 14.4. The molecule has 0 N–H and O–H groups in total. The van der Waals surface area contributed by atoms with E-state index in [-0.39, 0.29) is 23.8 Å². The van der Waals surface area contributed by atoms with Crippen LogP contribution < -0.4 is 0 Å². The largest absolute Gasteiger partial charge is 0.462 e. The van der Waals surface area contributed by atoms with Crippen LogP contribution in [0.25, 0.3) is 0 Å². The summed E-state index contributed by atoms with van der Waals surface area (Å²) < 4.78 is 7.36. The molecule has 3 rings (SSSR count). The summed E-state index contributed by atoms with van der Waals surface area (Å²) in [7, 11) is 0. The van der Waals surface area contributed by atoms with Crippen LogP contribution in [0.4, 0.5) is 0 Å². The molecule has 0 spiro atoms. The number of aromatic nitrogens is 1. The molecule has 1 aliphatic heterocycles. The highest BCUT2D eigenvalue weighted by molar-refractivity contribution is 6.08. The van der Waals surface area contributed by atoms with Crippen molar-refractivity contribution in [1.82, 2.24) is 4.57 Å². The molecule has 0 saturated carbocycles. The number of carbonyl (C=O) groups excluding carboxylic acids is 2. The predicted octanol–water partition coefficient (Wildman–Crippen LogP) is 3.86. The van der Waals surface area contributed by atoms with Crippen molar-refractivity contribution in [3.63, 3.8) is 0 Å². The van der Waals surface area contributed by atoms with Crippen LogP contribution in [0, 0.1) is 6.92 Å². The molecule has 0 saturated heterocycles. The Morgan fingerprint density at radius 2 is 1.83 bits per heavy atom. The van der Waals surface area contributed by atoms with Gasteiger partial charge in [0.2, 0.25) is 5.78 Å². The Kier molecular flexibility index (Phi) is 4.56. The quantitative estimate of drug-likeness (QED) is 0.633. The van der Waals surface area contributed by atoms with E-state index in [1.165, 1.54) is 0 Å². The molecule has 0 aliphatic carbocycles. The first-order valence-corrected chi connectivity index (χ1v) is 8.48. The number of hydrogen-bond donors (Lipinski definition) is 0. The van der Waals surface area contributed by atoms with Crippen LogP contribution >= 0.6 is 0 Å². The van der Waals surface area contributed by atoms with E-state index in [0.29, 0.717) is 11.3 Å². The molecule has 0 amide bonds. The van der Waals surface area contributed by atoms with Crippen molar-refractivity contribution in [2.75, 3.05) is 0 Å². The molecule has 2 heterocycles. The lowest BCUT2D eigenvalue weighted by atomic mass is 9.96. The minimum absolute atomic E-state index is 0.000808. The van der Waals surface area contributed by atoms with E-state index in [1.807, 2.05) is 61.7 Å². The third kappa shape index (κ3) is 3.14. The number of ether oxygens (including phenoxy) is 1. The first-order valence-electron chi connectivity index (χ1n) is 8.48. The molecule has 126 valence electrons. The van der Waals surface area contributed by atoms with Crippen molar-refractivity contribution in [2.45, 2.75) is 52.2 Å². The fourth-order valence-electron chi connectivity index (χ4n) is 3.24. The number of aryl methyl sites for hydroxylation is 1. The number of carbonyl (C=O) groups is 2. The van der Waals surface area contributed by atoms with Gasteiger partial charge >= 0.3 is 5.97 Å². The average molecular weight is 325 g/mol. The minimum Gasteiger partial charge on any atom is -0.462 e. The Morgan fingerprint density at radius 1 is 1.12 bits per heavy atom. The molecule has 0 fully saturated rings. The van der Waals surface area contributed by atoms with Gasteiger partial charge in [0.25, 0.3) is 0 Å². The Balaban J connectivity index is 1.90. The maximum atomic E-state index is 12.8. The number of hydrogen-bond acceptors (Lipinski definition) is 3. The number of fused-ring (bicyclic) bond motifs is 1. The number of nitrogens with zero attached hydrogens (tertiary/aromatic N) is 1. The highest BCUT2D eigenvalue weighted by atomic mass is 16.5. The molecule has 0 bridgehead atoms. The highest BCUT2D eigenvalue weighted by Crippen LogP contribution is 2.31. The van der Waals surface area contributed by atoms with Gasteiger partial charge in [-0.2, -0.15) is 0 Å². The van der Waals surface area contributed by atoms with Crippen LogP contribution in [-0.2, 0) is 16.1 Å². The van der Waals surface area contributed by atoms with Gasteiger partial charge in [-0.25, -0.2) is 0 Å². The SMILES string of the molecule is Cc1ccc(C(=O)c2ccc3n2CCCC3C(=O)OC(C)C)cc1. The summed E-state index contributed by atoms with van der Waals surface area (Å²) in [6, 6.07) is 11.3. The van der Waals surface area contributed by atoms with Gasteiger partial charge in [-0.1, -0.05) is 29.8 Å². The van der Waals surface area contributed by atoms with Gasteiger partial charge in [-0.05, 0) is 45.7 Å². The predicted molar refractivity (Wildman–Crippen MR) is 92.2 cm³/mol. The van der Waals surface area contributed by atoms with Gasteiger partial charge in [-0.15, -0.1) is 0 Å². The van der Waals surface area contributed by atoms with E-state index in [0.717, 1.165) is 30.6 Å². The molecule has 0 radical (unpaired) electrons. The van der Waals surface area contributed by atoms with E-state index in [4.69, 9.17) is 4.74 Å². The summed E-state index contributed by atoms with van der Waals surface area (Å²) in [5.74, 6) is -0.474. The lowest BCUT2D eigenvalue weighted by Gasteiger charge is -2.25. The summed E-state index contributed by atoms with van der Waals surface area (Å²) in [5, 5.41) is 0. The van der Waals surface area contributed by atoms with E-state index < -0.39 is 0 Å². The molecule has 4 heteroatoms. The molecule has 1 aliphatic rings. The Bertz CT molecular complexity index is 756. The Hall–Kier alpha value is -2.36. The fraction of sp³-hybridized carbons (Fsp3) is 0.400. The van der Waals surface area contributed by atoms with Crippen LogP contribution in [0.2, 0.25) is 0 Å². The van der Waals surface area contributed by atoms with Crippen molar-refractivity contribution in [3.05, 3.63) is 58.9 Å². The highest BCUT2D eigenvalue weighted by Gasteiger charge is 2.31. The topological polar surface area (TPSA) is 48.3 Å². The zero-order valence-corrected chi connectivity index (χ0v) is 14.4. The zero-order chi connectivity index (χ0) is 17.3. The van der Waals surface area contributed by atoms with E-state index in [2.05, 4.69) is 0 Å². The number of esters is 1. The van der Waals surface area contributed by atoms with Gasteiger partial charge in [0.15, 0.2) is 0 Å². The van der Waals surface area contributed by atoms with Crippen molar-refractivity contribution >= 4 is 11.8 Å². The summed E-state index contributed by atoms with van der Waals surface area (Å²) in [6.07, 6.45) is 1.51. The van der Waals surface area contributed by atoms with Crippen LogP contribution in [0.15, 0.2) is 36.4 Å². The third-order valence-corrected chi connectivity index (χ3v) is 4.43. The molecule has 1 aromatic heterocycles. The van der Waals surface area contributed by atoms with E-state index in [9.17, 15) is 9.59 Å². The monoisotopic (exact) mass is 325 g/mol. The van der Waals surface area contributed by atoms with Crippen LogP contribution in [0.5, 0.6) is 0 Å². The first kappa shape index (κ1) is 16.5. The minimum atomic E-state index is -0.277. The number of benzene rings is 1. The first-order chi connectivity index (χ1) is 11.5. The lowest BCUT2D eigenvalue weighted by Crippen LogP contribution is -2.27. The second-order valence-electron chi connectivity index (χ2n) is 6.67.